The van der Waals surface area contributed by atoms with Crippen LogP contribution in [0.3, 0.4) is 0 Å². The molecule has 3 amide bonds. The van der Waals surface area contributed by atoms with Crippen LogP contribution in [0.5, 0.6) is 0 Å². The van der Waals surface area contributed by atoms with Crippen LogP contribution in [0.4, 0.5) is 18.4 Å². The number of carbonyl (C=O) groups is 3. The molecule has 3 atom stereocenters. The van der Waals surface area contributed by atoms with Gasteiger partial charge < -0.3 is 29.7 Å². The number of likely N-dealkylation sites (tertiary alicyclic amines) is 2. The summed E-state index contributed by atoms with van der Waals surface area (Å²) in [6, 6.07) is 16.6. The van der Waals surface area contributed by atoms with Gasteiger partial charge in [0.2, 0.25) is 5.91 Å². The molecule has 4 heterocycles. The van der Waals surface area contributed by atoms with E-state index in [0.717, 1.165) is 36.1 Å². The Kier molecular flexibility index (Phi) is 10.3. The minimum absolute atomic E-state index is 0.0544. The number of H-pyrrole nitrogens is 2. The Hall–Kier alpha value is -6.05. The fourth-order valence-corrected chi connectivity index (χ4v) is 8.50. The van der Waals surface area contributed by atoms with Gasteiger partial charge in [-0.05, 0) is 92.3 Å². The van der Waals surface area contributed by atoms with E-state index in [1.807, 2.05) is 71.0 Å². The van der Waals surface area contributed by atoms with Gasteiger partial charge in [-0.15, -0.1) is 0 Å². The molecule has 2 aliphatic heterocycles. The summed E-state index contributed by atoms with van der Waals surface area (Å²) in [5.41, 5.74) is 4.49. The maximum Gasteiger partial charge on any atom is 0.410 e. The maximum atomic E-state index is 16.4. The first-order chi connectivity index (χ1) is 28.1. The number of benzene rings is 3. The molecular weight excluding hydrogens is 757 g/mol. The van der Waals surface area contributed by atoms with Crippen LogP contribution in [-0.2, 0) is 20.2 Å². The van der Waals surface area contributed by atoms with Crippen LogP contribution in [0.25, 0.3) is 44.8 Å². The first kappa shape index (κ1) is 39.8. The number of ether oxygens (including phenoxy) is 2. The molecule has 308 valence electrons. The predicted octanol–water partition coefficient (Wildman–Crippen LogP) is 9.37. The number of fused-ring (bicyclic) bond motifs is 3. The highest BCUT2D eigenvalue weighted by atomic mass is 19.3. The van der Waals surface area contributed by atoms with Crippen molar-refractivity contribution in [2.75, 3.05) is 20.2 Å². The van der Waals surface area contributed by atoms with Gasteiger partial charge in [0, 0.05) is 29.8 Å². The summed E-state index contributed by atoms with van der Waals surface area (Å²) >= 11 is 0. The molecule has 0 saturated carbocycles. The second-order valence-corrected chi connectivity index (χ2v) is 16.9. The van der Waals surface area contributed by atoms with Crippen molar-refractivity contribution in [2.45, 2.75) is 90.0 Å². The molecule has 3 aromatic carbocycles. The zero-order chi connectivity index (χ0) is 41.8. The standard InChI is InChI=1S/C45H49F2N7O5/c1-25(2)38(52-42(56)58-6)41(55)53-19-7-9-36(53)39-49-24-35(51-39)29-16-18-31-30-17-15-28(21-32(30)45(46,47)33(31)22-29)26-11-13-27(14-12-26)34-23-48-40(50-34)37-10-8-20-54(37)43(57)59-44(3,4)5/h11-18,21-25,36-38H,7-10,19-20H2,1-6H3,(H,48,50)(H,49,51)(H,52,56)/t36-,37-,38-/m0/s1. The van der Waals surface area contributed by atoms with E-state index in [1.54, 1.807) is 40.4 Å². The Balaban J connectivity index is 0.980. The van der Waals surface area contributed by atoms with Crippen LogP contribution in [0.1, 0.15) is 95.2 Å². The number of hydrogen-bond donors (Lipinski definition) is 3. The molecule has 1 aliphatic carbocycles. The van der Waals surface area contributed by atoms with Crippen molar-refractivity contribution in [3.63, 3.8) is 0 Å². The second-order valence-electron chi connectivity index (χ2n) is 16.9. The first-order valence-electron chi connectivity index (χ1n) is 20.2. The maximum absolute atomic E-state index is 16.4. The van der Waals surface area contributed by atoms with Crippen molar-refractivity contribution in [1.82, 2.24) is 35.1 Å². The number of aromatic nitrogens is 4. The van der Waals surface area contributed by atoms with Gasteiger partial charge in [-0.25, -0.2) is 19.6 Å². The van der Waals surface area contributed by atoms with Crippen molar-refractivity contribution in [3.8, 4) is 44.8 Å². The van der Waals surface area contributed by atoms with Crippen LogP contribution >= 0.6 is 0 Å². The van der Waals surface area contributed by atoms with Crippen molar-refractivity contribution < 1.29 is 32.6 Å². The first-order valence-corrected chi connectivity index (χ1v) is 20.2. The summed E-state index contributed by atoms with van der Waals surface area (Å²) in [5, 5.41) is 2.65. The largest absolute Gasteiger partial charge is 0.453 e. The van der Waals surface area contributed by atoms with Gasteiger partial charge in [-0.2, -0.15) is 8.78 Å². The van der Waals surface area contributed by atoms with E-state index >= 15 is 8.78 Å². The topological polar surface area (TPSA) is 146 Å². The number of halogens is 2. The monoisotopic (exact) mass is 805 g/mol. The molecule has 5 aromatic rings. The predicted molar refractivity (Wildman–Crippen MR) is 218 cm³/mol. The van der Waals surface area contributed by atoms with Gasteiger partial charge in [0.1, 0.15) is 23.3 Å². The van der Waals surface area contributed by atoms with Crippen LogP contribution in [0, 0.1) is 5.92 Å². The third-order valence-electron chi connectivity index (χ3n) is 11.5. The van der Waals surface area contributed by atoms with E-state index in [0.29, 0.717) is 59.1 Å². The number of amides is 3. The Morgan fingerprint density at radius 3 is 1.86 bits per heavy atom. The van der Waals surface area contributed by atoms with E-state index in [1.165, 1.54) is 13.2 Å². The van der Waals surface area contributed by atoms with Gasteiger partial charge in [-0.1, -0.05) is 62.4 Å². The number of aromatic amines is 2. The highest BCUT2D eigenvalue weighted by Gasteiger charge is 2.45. The average Bonchev–Trinajstić information content (AvgIpc) is 4.06. The lowest BCUT2D eigenvalue weighted by atomic mass is 9.97. The third-order valence-corrected chi connectivity index (χ3v) is 11.5. The Bertz CT molecular complexity index is 2400. The van der Waals surface area contributed by atoms with Gasteiger partial charge in [0.05, 0.1) is 43.0 Å². The van der Waals surface area contributed by atoms with Crippen LogP contribution in [0.2, 0.25) is 0 Å². The number of methoxy groups -OCH3 is 1. The van der Waals surface area contributed by atoms with Crippen molar-refractivity contribution in [2.24, 2.45) is 5.92 Å². The fourth-order valence-electron chi connectivity index (χ4n) is 8.50. The average molecular weight is 806 g/mol. The lowest BCUT2D eigenvalue weighted by molar-refractivity contribution is -0.135. The lowest BCUT2D eigenvalue weighted by Gasteiger charge is -2.30. The third kappa shape index (κ3) is 7.56. The minimum atomic E-state index is -3.24. The lowest BCUT2D eigenvalue weighted by Crippen LogP contribution is -2.51. The normalized spacial score (nSPS) is 18.8. The minimum Gasteiger partial charge on any atom is -0.453 e. The zero-order valence-corrected chi connectivity index (χ0v) is 34.1. The van der Waals surface area contributed by atoms with Gasteiger partial charge >= 0.3 is 12.2 Å². The second kappa shape index (κ2) is 15.3. The number of nitrogens with zero attached hydrogens (tertiary/aromatic N) is 4. The van der Waals surface area contributed by atoms with Gasteiger partial charge in [-0.3, -0.25) is 9.69 Å². The summed E-state index contributed by atoms with van der Waals surface area (Å²) in [5.74, 6) is -2.38. The SMILES string of the molecule is COC(=O)N[C@H](C(=O)N1CCC[C@H]1c1ncc(-c2ccc3c(c2)C(F)(F)c2cc(-c4ccc(-c5cnc([C@@H]6CCCN6C(=O)OC(C)(C)C)[nH]5)cc4)ccc2-3)[nH]1)C(C)C. The number of rotatable bonds is 8. The van der Waals surface area contributed by atoms with Crippen LogP contribution < -0.4 is 5.32 Å². The molecule has 0 unspecified atom stereocenters. The molecule has 0 bridgehead atoms. The fraction of sp³-hybridized carbons (Fsp3) is 0.400. The molecule has 0 radical (unpaired) electrons. The molecule has 2 fully saturated rings. The van der Waals surface area contributed by atoms with Gasteiger partial charge in [0.25, 0.3) is 5.92 Å². The Morgan fingerprint density at radius 2 is 1.29 bits per heavy atom. The quantitative estimate of drug-likeness (QED) is 0.142. The highest BCUT2D eigenvalue weighted by molar-refractivity contribution is 5.87. The smallest absolute Gasteiger partial charge is 0.410 e. The molecule has 2 aromatic heterocycles. The molecular formula is C45H49F2N7O5. The zero-order valence-electron chi connectivity index (χ0n) is 34.1. The molecule has 2 saturated heterocycles. The molecule has 12 nitrogen and oxygen atoms in total. The van der Waals surface area contributed by atoms with Crippen LogP contribution in [0.15, 0.2) is 73.1 Å². The summed E-state index contributed by atoms with van der Waals surface area (Å²) in [6.07, 6.45) is 5.41. The molecule has 3 N–H and O–H groups in total. The number of carbonyl (C=O) groups excluding carboxylic acids is 3. The van der Waals surface area contributed by atoms with Crippen molar-refractivity contribution in [3.05, 3.63) is 95.8 Å². The molecule has 8 rings (SSSR count). The highest BCUT2D eigenvalue weighted by Crippen LogP contribution is 2.53. The van der Waals surface area contributed by atoms with Crippen molar-refractivity contribution in [1.29, 1.82) is 0 Å². The van der Waals surface area contributed by atoms with E-state index < -0.39 is 23.7 Å². The van der Waals surface area contributed by atoms with Crippen molar-refractivity contribution >= 4 is 18.1 Å². The van der Waals surface area contributed by atoms with E-state index in [-0.39, 0.29) is 41.1 Å². The Morgan fingerprint density at radius 1 is 0.780 bits per heavy atom. The van der Waals surface area contributed by atoms with E-state index in [4.69, 9.17) is 9.47 Å². The number of nitrogens with one attached hydrogen (secondary N) is 3. The molecule has 3 aliphatic rings. The summed E-state index contributed by atoms with van der Waals surface area (Å²) in [4.78, 5) is 57.8. The number of imidazole rings is 2. The summed E-state index contributed by atoms with van der Waals surface area (Å²) in [7, 11) is 1.26. The summed E-state index contributed by atoms with van der Waals surface area (Å²) < 4.78 is 43.1. The number of alkyl halides is 2. The van der Waals surface area contributed by atoms with Gasteiger partial charge in [0.15, 0.2) is 0 Å². The Labute approximate surface area is 341 Å². The van der Waals surface area contributed by atoms with E-state index in [9.17, 15) is 14.4 Å². The summed E-state index contributed by atoms with van der Waals surface area (Å²) in [6.45, 7) is 10.4. The number of alkyl carbamates (subject to hydrolysis) is 1. The number of hydrogen-bond acceptors (Lipinski definition) is 7. The molecule has 59 heavy (non-hydrogen) atoms. The molecule has 14 heteroatoms. The van der Waals surface area contributed by atoms with Crippen LogP contribution in [-0.4, -0.2) is 79.7 Å². The molecule has 0 spiro atoms. The van der Waals surface area contributed by atoms with E-state index in [2.05, 4.69) is 25.3 Å².